The summed E-state index contributed by atoms with van der Waals surface area (Å²) in [6, 6.07) is 12.3. The van der Waals surface area contributed by atoms with Crippen molar-refractivity contribution in [3.05, 3.63) is 74.2 Å². The first-order valence-corrected chi connectivity index (χ1v) is 7.55. The molecule has 0 aromatic heterocycles. The number of esters is 1. The van der Waals surface area contributed by atoms with E-state index in [1.165, 1.54) is 24.3 Å². The number of hydrogen-bond donors (Lipinski definition) is 0. The largest absolute Gasteiger partial charge is 0.458 e. The Morgan fingerprint density at radius 3 is 2.54 bits per heavy atom. The van der Waals surface area contributed by atoms with E-state index in [1.807, 2.05) is 0 Å². The first-order chi connectivity index (χ1) is 11.5. The fourth-order valence-electron chi connectivity index (χ4n) is 1.94. The zero-order valence-corrected chi connectivity index (χ0v) is 13.8. The predicted molar refractivity (Wildman–Crippen MR) is 86.9 cm³/mol. The number of nitro groups is 1. The number of halogens is 1. The van der Waals surface area contributed by atoms with Gasteiger partial charge in [0.05, 0.1) is 4.92 Å². The van der Waals surface area contributed by atoms with Crippen LogP contribution in [-0.4, -0.2) is 17.4 Å². The Labute approximate surface area is 145 Å². The lowest BCUT2D eigenvalue weighted by atomic mass is 10.1. The molecule has 0 radical (unpaired) electrons. The minimum atomic E-state index is -1.18. The van der Waals surface area contributed by atoms with Crippen LogP contribution >= 0.6 is 15.9 Å². The van der Waals surface area contributed by atoms with Crippen molar-refractivity contribution in [2.24, 2.45) is 0 Å². The average molecular weight is 394 g/mol. The summed E-state index contributed by atoms with van der Waals surface area (Å²) in [7, 11) is 0. The molecular formula is C16H12BrNO6. The van der Waals surface area contributed by atoms with Gasteiger partial charge < -0.3 is 9.47 Å². The Balaban J connectivity index is 2.05. The number of hydrogen-bond acceptors (Lipinski definition) is 6. The standard InChI is InChI=1S/C16H12BrNO6/c17-13-3-1-2-12(8-13)15(24-10-19)16(20)23-9-11-4-6-14(7-5-11)18(21)22/h1-8,10,15H,9H2. The summed E-state index contributed by atoms with van der Waals surface area (Å²) in [6.07, 6.45) is -1.18. The van der Waals surface area contributed by atoms with Gasteiger partial charge in [-0.2, -0.15) is 0 Å². The molecule has 1 atom stereocenters. The maximum Gasteiger partial charge on any atom is 0.352 e. The van der Waals surface area contributed by atoms with Gasteiger partial charge in [0.2, 0.25) is 6.10 Å². The van der Waals surface area contributed by atoms with E-state index in [4.69, 9.17) is 9.47 Å². The van der Waals surface area contributed by atoms with Gasteiger partial charge in [-0.25, -0.2) is 4.79 Å². The van der Waals surface area contributed by atoms with Gasteiger partial charge in [0.25, 0.3) is 12.2 Å². The summed E-state index contributed by atoms with van der Waals surface area (Å²) < 4.78 is 10.7. The Kier molecular flexibility index (Phi) is 6.02. The summed E-state index contributed by atoms with van der Waals surface area (Å²) in [6.45, 7) is 0.0856. The van der Waals surface area contributed by atoms with Gasteiger partial charge in [-0.1, -0.05) is 28.1 Å². The Morgan fingerprint density at radius 1 is 1.25 bits per heavy atom. The van der Waals surface area contributed by atoms with Gasteiger partial charge >= 0.3 is 5.97 Å². The molecule has 8 heteroatoms. The molecule has 24 heavy (non-hydrogen) atoms. The average Bonchev–Trinajstić information content (AvgIpc) is 2.58. The van der Waals surface area contributed by atoms with E-state index in [2.05, 4.69) is 15.9 Å². The van der Waals surface area contributed by atoms with Crippen molar-refractivity contribution < 1.29 is 24.0 Å². The van der Waals surface area contributed by atoms with Crippen LogP contribution in [0.2, 0.25) is 0 Å². The summed E-state index contributed by atoms with van der Waals surface area (Å²) in [5.74, 6) is -0.737. The molecule has 0 aliphatic carbocycles. The molecule has 2 aromatic carbocycles. The highest BCUT2D eigenvalue weighted by atomic mass is 79.9. The van der Waals surface area contributed by atoms with Crippen molar-refractivity contribution in [1.29, 1.82) is 0 Å². The number of non-ortho nitro benzene ring substituents is 1. The second-order valence-corrected chi connectivity index (χ2v) is 5.61. The van der Waals surface area contributed by atoms with Crippen LogP contribution in [0.3, 0.4) is 0 Å². The van der Waals surface area contributed by atoms with Crippen LogP contribution in [0.5, 0.6) is 0 Å². The number of nitrogens with zero attached hydrogens (tertiary/aromatic N) is 1. The fourth-order valence-corrected chi connectivity index (χ4v) is 2.36. The highest BCUT2D eigenvalue weighted by Crippen LogP contribution is 2.23. The summed E-state index contributed by atoms with van der Waals surface area (Å²) in [5, 5.41) is 10.6. The maximum absolute atomic E-state index is 12.2. The van der Waals surface area contributed by atoms with Crippen LogP contribution in [-0.2, 0) is 25.7 Å². The third-order valence-electron chi connectivity index (χ3n) is 3.09. The number of ether oxygens (including phenoxy) is 2. The first kappa shape index (κ1) is 17.6. The van der Waals surface area contributed by atoms with E-state index in [-0.39, 0.29) is 18.8 Å². The number of carbonyl (C=O) groups excluding carboxylic acids is 2. The predicted octanol–water partition coefficient (Wildman–Crippen LogP) is 3.31. The molecule has 0 spiro atoms. The van der Waals surface area contributed by atoms with E-state index < -0.39 is 17.0 Å². The normalized spacial score (nSPS) is 11.4. The molecule has 0 aliphatic heterocycles. The summed E-state index contributed by atoms with van der Waals surface area (Å²) >= 11 is 3.27. The number of benzene rings is 2. The molecule has 7 nitrogen and oxygen atoms in total. The van der Waals surface area contributed by atoms with E-state index in [0.717, 1.165) is 4.47 Å². The minimum Gasteiger partial charge on any atom is -0.458 e. The van der Waals surface area contributed by atoms with E-state index in [0.29, 0.717) is 11.1 Å². The monoisotopic (exact) mass is 393 g/mol. The third kappa shape index (κ3) is 4.63. The van der Waals surface area contributed by atoms with Crippen molar-refractivity contribution in [3.63, 3.8) is 0 Å². The van der Waals surface area contributed by atoms with Crippen LogP contribution in [0, 0.1) is 10.1 Å². The SMILES string of the molecule is O=COC(C(=O)OCc1ccc([N+](=O)[O-])cc1)c1cccc(Br)c1. The molecule has 0 heterocycles. The number of carbonyl (C=O) groups is 2. The lowest BCUT2D eigenvalue weighted by molar-refractivity contribution is -0.384. The molecule has 0 aliphatic rings. The van der Waals surface area contributed by atoms with Crippen LogP contribution in [0.25, 0.3) is 0 Å². The fraction of sp³-hybridized carbons (Fsp3) is 0.125. The molecule has 0 amide bonds. The Bertz CT molecular complexity index is 746. The summed E-state index contributed by atoms with van der Waals surface area (Å²) in [4.78, 5) is 32.9. The number of rotatable bonds is 7. The van der Waals surface area contributed by atoms with Gasteiger partial charge in [-0.15, -0.1) is 0 Å². The zero-order chi connectivity index (χ0) is 17.5. The van der Waals surface area contributed by atoms with Crippen LogP contribution < -0.4 is 0 Å². The molecule has 124 valence electrons. The van der Waals surface area contributed by atoms with Crippen molar-refractivity contribution in [3.8, 4) is 0 Å². The van der Waals surface area contributed by atoms with Crippen LogP contribution in [0.4, 0.5) is 5.69 Å². The second-order valence-electron chi connectivity index (χ2n) is 4.70. The van der Waals surface area contributed by atoms with Crippen molar-refractivity contribution in [2.75, 3.05) is 0 Å². The van der Waals surface area contributed by atoms with Gasteiger partial charge in [0.15, 0.2) is 0 Å². The third-order valence-corrected chi connectivity index (χ3v) is 3.58. The van der Waals surface area contributed by atoms with Crippen LogP contribution in [0.15, 0.2) is 53.0 Å². The lowest BCUT2D eigenvalue weighted by Crippen LogP contribution is -2.18. The van der Waals surface area contributed by atoms with Crippen molar-refractivity contribution >= 4 is 34.1 Å². The molecule has 0 N–H and O–H groups in total. The zero-order valence-electron chi connectivity index (χ0n) is 12.3. The molecule has 0 fully saturated rings. The Morgan fingerprint density at radius 2 is 1.96 bits per heavy atom. The van der Waals surface area contributed by atoms with Gasteiger partial charge in [-0.05, 0) is 29.8 Å². The van der Waals surface area contributed by atoms with Gasteiger partial charge in [0, 0.05) is 22.2 Å². The lowest BCUT2D eigenvalue weighted by Gasteiger charge is -2.15. The molecule has 0 bridgehead atoms. The van der Waals surface area contributed by atoms with Crippen molar-refractivity contribution in [2.45, 2.75) is 12.7 Å². The molecule has 2 aromatic rings. The van der Waals surface area contributed by atoms with E-state index >= 15 is 0 Å². The topological polar surface area (TPSA) is 95.7 Å². The molecule has 1 unspecified atom stereocenters. The second kappa shape index (κ2) is 8.21. The van der Waals surface area contributed by atoms with Crippen LogP contribution in [0.1, 0.15) is 17.2 Å². The molecule has 2 rings (SSSR count). The molecular weight excluding hydrogens is 382 g/mol. The van der Waals surface area contributed by atoms with E-state index in [1.54, 1.807) is 24.3 Å². The minimum absolute atomic E-state index is 0.0543. The molecule has 0 saturated heterocycles. The quantitative estimate of drug-likeness (QED) is 0.310. The van der Waals surface area contributed by atoms with E-state index in [9.17, 15) is 19.7 Å². The smallest absolute Gasteiger partial charge is 0.352 e. The maximum atomic E-state index is 12.2. The Hall–Kier alpha value is -2.74. The highest BCUT2D eigenvalue weighted by Gasteiger charge is 2.24. The molecule has 0 saturated carbocycles. The first-order valence-electron chi connectivity index (χ1n) is 6.76. The van der Waals surface area contributed by atoms with Gasteiger partial charge in [-0.3, -0.25) is 14.9 Å². The summed E-state index contributed by atoms with van der Waals surface area (Å²) in [5.41, 5.74) is 0.986. The highest BCUT2D eigenvalue weighted by molar-refractivity contribution is 9.10. The van der Waals surface area contributed by atoms with Crippen molar-refractivity contribution in [1.82, 2.24) is 0 Å². The number of nitro benzene ring substituents is 1. The van der Waals surface area contributed by atoms with Gasteiger partial charge in [0.1, 0.15) is 6.61 Å².